The Hall–Kier alpha value is -0.870. The largest absolute Gasteiger partial charge is 0.463 e. The molecule has 1 unspecified atom stereocenters. The molecule has 0 aromatic rings. The molecule has 88 valence electrons. The second kappa shape index (κ2) is 6.58. The summed E-state index contributed by atoms with van der Waals surface area (Å²) in [6, 6.07) is 0. The number of esters is 1. The van der Waals surface area contributed by atoms with Gasteiger partial charge in [0, 0.05) is 12.6 Å². The van der Waals surface area contributed by atoms with Gasteiger partial charge in [-0.2, -0.15) is 0 Å². The molecule has 0 aromatic carbocycles. The summed E-state index contributed by atoms with van der Waals surface area (Å²) in [6.07, 6.45) is 3.35. The highest BCUT2D eigenvalue weighted by Gasteiger charge is 2.22. The Labute approximate surface area is 91.5 Å². The van der Waals surface area contributed by atoms with Crippen LogP contribution in [0, 0.1) is 0 Å². The van der Waals surface area contributed by atoms with Crippen molar-refractivity contribution < 1.29 is 14.6 Å². The predicted molar refractivity (Wildman–Crippen MR) is 59.6 cm³/mol. The van der Waals surface area contributed by atoms with E-state index in [1.165, 1.54) is 12.2 Å². The van der Waals surface area contributed by atoms with Crippen molar-refractivity contribution in [2.75, 3.05) is 27.2 Å². The van der Waals surface area contributed by atoms with Crippen LogP contribution in [-0.4, -0.2) is 48.8 Å². The minimum absolute atomic E-state index is 0.349. The molecule has 0 saturated heterocycles. The SMILES string of the molecule is CCOC(=O)/C=C/C(O)(CC)CN(C)C. The second-order valence-corrected chi connectivity index (χ2v) is 3.78. The summed E-state index contributed by atoms with van der Waals surface area (Å²) in [6.45, 7) is 4.46. The van der Waals surface area contributed by atoms with E-state index >= 15 is 0 Å². The number of carbonyl (C=O) groups excluding carboxylic acids is 1. The van der Waals surface area contributed by atoms with Crippen LogP contribution in [0.15, 0.2) is 12.2 Å². The van der Waals surface area contributed by atoms with Crippen LogP contribution in [0.4, 0.5) is 0 Å². The Morgan fingerprint density at radius 2 is 2.07 bits per heavy atom. The first kappa shape index (κ1) is 14.1. The van der Waals surface area contributed by atoms with Crippen LogP contribution in [0.25, 0.3) is 0 Å². The zero-order chi connectivity index (χ0) is 11.9. The number of carbonyl (C=O) groups is 1. The average molecular weight is 215 g/mol. The van der Waals surface area contributed by atoms with E-state index < -0.39 is 11.6 Å². The minimum Gasteiger partial charge on any atom is -0.463 e. The van der Waals surface area contributed by atoms with Crippen molar-refractivity contribution in [3.8, 4) is 0 Å². The molecule has 0 saturated carbocycles. The maximum absolute atomic E-state index is 11.1. The fourth-order valence-electron chi connectivity index (χ4n) is 1.24. The lowest BCUT2D eigenvalue weighted by atomic mass is 10.00. The number of ether oxygens (including phenoxy) is 1. The highest BCUT2D eigenvalue weighted by molar-refractivity contribution is 5.82. The van der Waals surface area contributed by atoms with Crippen LogP contribution >= 0.6 is 0 Å². The molecular formula is C11H21NO3. The Bertz CT molecular complexity index is 226. The van der Waals surface area contributed by atoms with Crippen LogP contribution in [0.2, 0.25) is 0 Å². The summed E-state index contributed by atoms with van der Waals surface area (Å²) in [5.74, 6) is -0.414. The van der Waals surface area contributed by atoms with Gasteiger partial charge in [-0.25, -0.2) is 4.79 Å². The number of hydrogen-bond donors (Lipinski definition) is 1. The van der Waals surface area contributed by atoms with E-state index in [0.717, 1.165) is 0 Å². The first-order chi connectivity index (χ1) is 6.93. The Morgan fingerprint density at radius 3 is 2.47 bits per heavy atom. The lowest BCUT2D eigenvalue weighted by molar-refractivity contribution is -0.137. The van der Waals surface area contributed by atoms with Gasteiger partial charge in [0.1, 0.15) is 0 Å². The Morgan fingerprint density at radius 1 is 1.47 bits per heavy atom. The van der Waals surface area contributed by atoms with E-state index in [9.17, 15) is 9.90 Å². The zero-order valence-corrected chi connectivity index (χ0v) is 9.99. The van der Waals surface area contributed by atoms with Crippen LogP contribution in [0.3, 0.4) is 0 Å². The molecule has 0 heterocycles. The van der Waals surface area contributed by atoms with Gasteiger partial charge < -0.3 is 14.7 Å². The van der Waals surface area contributed by atoms with Crippen molar-refractivity contribution in [2.45, 2.75) is 25.9 Å². The van der Waals surface area contributed by atoms with Gasteiger partial charge in [-0.1, -0.05) is 6.92 Å². The maximum Gasteiger partial charge on any atom is 0.330 e. The van der Waals surface area contributed by atoms with E-state index in [4.69, 9.17) is 4.74 Å². The first-order valence-electron chi connectivity index (χ1n) is 5.16. The Balaban J connectivity index is 4.35. The van der Waals surface area contributed by atoms with Crippen molar-refractivity contribution in [3.05, 3.63) is 12.2 Å². The molecule has 4 nitrogen and oxygen atoms in total. The van der Waals surface area contributed by atoms with Crippen LogP contribution in [0.1, 0.15) is 20.3 Å². The molecule has 15 heavy (non-hydrogen) atoms. The molecule has 0 aliphatic carbocycles. The fourth-order valence-corrected chi connectivity index (χ4v) is 1.24. The third kappa shape index (κ3) is 6.25. The van der Waals surface area contributed by atoms with Gasteiger partial charge in [0.25, 0.3) is 0 Å². The molecule has 0 rings (SSSR count). The van der Waals surface area contributed by atoms with E-state index in [0.29, 0.717) is 19.6 Å². The van der Waals surface area contributed by atoms with Crippen molar-refractivity contribution in [3.63, 3.8) is 0 Å². The summed E-state index contributed by atoms with van der Waals surface area (Å²) in [7, 11) is 3.75. The summed E-state index contributed by atoms with van der Waals surface area (Å²) in [5.41, 5.74) is -0.962. The lowest BCUT2D eigenvalue weighted by Gasteiger charge is -2.26. The second-order valence-electron chi connectivity index (χ2n) is 3.78. The highest BCUT2D eigenvalue weighted by Crippen LogP contribution is 2.12. The first-order valence-corrected chi connectivity index (χ1v) is 5.16. The molecule has 0 aliphatic heterocycles. The smallest absolute Gasteiger partial charge is 0.330 e. The van der Waals surface area contributed by atoms with Gasteiger partial charge >= 0.3 is 5.97 Å². The zero-order valence-electron chi connectivity index (χ0n) is 9.99. The molecule has 0 radical (unpaired) electrons. The Kier molecular flexibility index (Phi) is 6.20. The van der Waals surface area contributed by atoms with Crippen molar-refractivity contribution in [1.82, 2.24) is 4.90 Å². The minimum atomic E-state index is -0.962. The third-order valence-corrected chi connectivity index (χ3v) is 2.02. The van der Waals surface area contributed by atoms with E-state index in [-0.39, 0.29) is 0 Å². The quantitative estimate of drug-likeness (QED) is 0.526. The molecule has 0 fully saturated rings. The molecule has 0 amide bonds. The topological polar surface area (TPSA) is 49.8 Å². The molecule has 4 heteroatoms. The van der Waals surface area contributed by atoms with E-state index in [1.807, 2.05) is 25.9 Å². The van der Waals surface area contributed by atoms with E-state index in [1.54, 1.807) is 6.92 Å². The van der Waals surface area contributed by atoms with Gasteiger partial charge in [0.2, 0.25) is 0 Å². The van der Waals surface area contributed by atoms with Crippen molar-refractivity contribution in [2.24, 2.45) is 0 Å². The number of hydrogen-bond acceptors (Lipinski definition) is 4. The fraction of sp³-hybridized carbons (Fsp3) is 0.727. The predicted octanol–water partition coefficient (Wildman–Crippen LogP) is 0.808. The normalized spacial score (nSPS) is 15.6. The van der Waals surface area contributed by atoms with Crippen LogP contribution in [0.5, 0.6) is 0 Å². The number of aliphatic hydroxyl groups is 1. The van der Waals surface area contributed by atoms with Gasteiger partial charge in [-0.3, -0.25) is 0 Å². The molecule has 0 bridgehead atoms. The standard InChI is InChI=1S/C11H21NO3/c1-5-11(14,9-12(3)4)8-7-10(13)15-6-2/h7-8,14H,5-6,9H2,1-4H3/b8-7+. The van der Waals surface area contributed by atoms with Gasteiger partial charge in [-0.05, 0) is 33.5 Å². The molecule has 1 atom stereocenters. The van der Waals surface area contributed by atoms with Crippen molar-refractivity contribution in [1.29, 1.82) is 0 Å². The number of rotatable bonds is 6. The number of nitrogens with zero attached hydrogens (tertiary/aromatic N) is 1. The molecule has 1 N–H and O–H groups in total. The summed E-state index contributed by atoms with van der Waals surface area (Å²) in [4.78, 5) is 12.9. The van der Waals surface area contributed by atoms with Gasteiger partial charge in [0.05, 0.1) is 12.2 Å². The average Bonchev–Trinajstić information content (AvgIpc) is 2.14. The molecule has 0 aromatic heterocycles. The summed E-state index contributed by atoms with van der Waals surface area (Å²) in [5, 5.41) is 10.1. The molecule has 0 aliphatic rings. The maximum atomic E-state index is 11.1. The number of likely N-dealkylation sites (N-methyl/N-ethyl adjacent to an activating group) is 1. The van der Waals surface area contributed by atoms with Crippen LogP contribution < -0.4 is 0 Å². The molecular weight excluding hydrogens is 194 g/mol. The van der Waals surface area contributed by atoms with E-state index in [2.05, 4.69) is 0 Å². The highest BCUT2D eigenvalue weighted by atomic mass is 16.5. The van der Waals surface area contributed by atoms with Crippen molar-refractivity contribution >= 4 is 5.97 Å². The lowest BCUT2D eigenvalue weighted by Crippen LogP contribution is -2.37. The third-order valence-electron chi connectivity index (χ3n) is 2.02. The summed E-state index contributed by atoms with van der Waals surface area (Å²) >= 11 is 0. The van der Waals surface area contributed by atoms with Crippen LogP contribution in [-0.2, 0) is 9.53 Å². The molecule has 0 spiro atoms. The summed E-state index contributed by atoms with van der Waals surface area (Å²) < 4.78 is 4.74. The monoisotopic (exact) mass is 215 g/mol. The van der Waals surface area contributed by atoms with Gasteiger partial charge in [0.15, 0.2) is 0 Å². The van der Waals surface area contributed by atoms with Gasteiger partial charge in [-0.15, -0.1) is 0 Å².